The molecule has 1 heterocycles. The fourth-order valence-electron chi connectivity index (χ4n) is 1.66. The number of hydrogen-bond acceptors (Lipinski definition) is 5. The summed E-state index contributed by atoms with van der Waals surface area (Å²) in [5.41, 5.74) is 0.543. The normalized spacial score (nSPS) is 13.1. The topological polar surface area (TPSA) is 79.4 Å². The first kappa shape index (κ1) is 16.9. The molecule has 0 saturated carbocycles. The summed E-state index contributed by atoms with van der Waals surface area (Å²) in [6.45, 7) is 5.70. The van der Waals surface area contributed by atoms with Gasteiger partial charge in [0.1, 0.15) is 4.88 Å². The zero-order valence-corrected chi connectivity index (χ0v) is 14.1. The van der Waals surface area contributed by atoms with E-state index in [2.05, 4.69) is 17.2 Å². The summed E-state index contributed by atoms with van der Waals surface area (Å²) in [4.78, 5) is 16.7. The summed E-state index contributed by atoms with van der Waals surface area (Å²) in [7, 11) is -1.94. The lowest BCUT2D eigenvalue weighted by Crippen LogP contribution is -2.32. The molecule has 1 aromatic rings. The van der Waals surface area contributed by atoms with Crippen molar-refractivity contribution in [2.45, 2.75) is 39.7 Å². The number of nitrogens with zero attached hydrogens (tertiary/aromatic N) is 2. The highest BCUT2D eigenvalue weighted by molar-refractivity contribution is 7.92. The van der Waals surface area contributed by atoms with Crippen molar-refractivity contribution in [3.8, 4) is 0 Å². The van der Waals surface area contributed by atoms with Crippen LogP contribution in [-0.4, -0.2) is 38.7 Å². The molecule has 0 aliphatic rings. The maximum absolute atomic E-state index is 12.1. The molecule has 8 heteroatoms. The van der Waals surface area contributed by atoms with Crippen LogP contribution >= 0.6 is 11.3 Å². The summed E-state index contributed by atoms with van der Waals surface area (Å²) < 4.78 is 24.0. The third-order valence-corrected chi connectivity index (χ3v) is 5.37. The third-order valence-electron chi connectivity index (χ3n) is 2.86. The average molecular weight is 319 g/mol. The maximum atomic E-state index is 12.1. The van der Waals surface area contributed by atoms with E-state index in [1.54, 1.807) is 6.92 Å². The van der Waals surface area contributed by atoms with Gasteiger partial charge in [0.15, 0.2) is 5.13 Å². The molecule has 0 aliphatic carbocycles. The number of aryl methyl sites for hydroxylation is 1. The molecule has 0 bridgehead atoms. The summed E-state index contributed by atoms with van der Waals surface area (Å²) in [5, 5.41) is 3.20. The minimum Gasteiger partial charge on any atom is -0.349 e. The van der Waals surface area contributed by atoms with Gasteiger partial charge in [-0.15, -0.1) is 0 Å². The van der Waals surface area contributed by atoms with E-state index in [1.807, 2.05) is 6.92 Å². The molecular weight excluding hydrogens is 298 g/mol. The molecule has 0 aromatic carbocycles. The molecule has 0 fully saturated rings. The van der Waals surface area contributed by atoms with Gasteiger partial charge in [-0.05, 0) is 20.3 Å². The lowest BCUT2D eigenvalue weighted by molar-refractivity contribution is 0.0941. The van der Waals surface area contributed by atoms with Gasteiger partial charge in [-0.1, -0.05) is 24.7 Å². The van der Waals surface area contributed by atoms with Gasteiger partial charge >= 0.3 is 0 Å². The Balaban J connectivity index is 2.93. The Morgan fingerprint density at radius 1 is 1.50 bits per heavy atom. The van der Waals surface area contributed by atoms with Crippen molar-refractivity contribution < 1.29 is 13.2 Å². The van der Waals surface area contributed by atoms with Crippen LogP contribution in [0, 0.1) is 6.92 Å². The highest BCUT2D eigenvalue weighted by Gasteiger charge is 2.21. The van der Waals surface area contributed by atoms with E-state index in [9.17, 15) is 13.2 Å². The number of carbonyl (C=O) groups is 1. The largest absolute Gasteiger partial charge is 0.349 e. The molecule has 0 unspecified atom stereocenters. The van der Waals surface area contributed by atoms with Gasteiger partial charge in [-0.25, -0.2) is 17.7 Å². The van der Waals surface area contributed by atoms with Crippen molar-refractivity contribution in [2.24, 2.45) is 0 Å². The Bertz CT molecular complexity index is 581. The summed E-state index contributed by atoms with van der Waals surface area (Å²) >= 11 is 1.09. The maximum Gasteiger partial charge on any atom is 0.263 e. The molecule has 1 N–H and O–H groups in total. The van der Waals surface area contributed by atoms with E-state index in [0.717, 1.165) is 34.7 Å². The van der Waals surface area contributed by atoms with Crippen molar-refractivity contribution in [1.29, 1.82) is 0 Å². The molecule has 20 heavy (non-hydrogen) atoms. The zero-order valence-electron chi connectivity index (χ0n) is 12.4. The molecular formula is C12H21N3O3S2. The molecule has 1 rings (SSSR count). The molecule has 114 valence electrons. The second-order valence-electron chi connectivity index (χ2n) is 4.80. The predicted molar refractivity (Wildman–Crippen MR) is 81.9 cm³/mol. The number of anilines is 1. The highest BCUT2D eigenvalue weighted by atomic mass is 32.2. The van der Waals surface area contributed by atoms with E-state index in [4.69, 9.17) is 0 Å². The van der Waals surface area contributed by atoms with Crippen LogP contribution in [0.1, 0.15) is 42.1 Å². The van der Waals surface area contributed by atoms with E-state index < -0.39 is 10.0 Å². The Morgan fingerprint density at radius 3 is 2.60 bits per heavy atom. The van der Waals surface area contributed by atoms with Crippen LogP contribution in [0.3, 0.4) is 0 Å². The smallest absolute Gasteiger partial charge is 0.263 e. The number of rotatable bonds is 6. The van der Waals surface area contributed by atoms with Crippen LogP contribution in [0.5, 0.6) is 0 Å². The Labute approximate surface area is 124 Å². The monoisotopic (exact) mass is 319 g/mol. The first-order valence-corrected chi connectivity index (χ1v) is 9.05. The Morgan fingerprint density at radius 2 is 2.10 bits per heavy atom. The van der Waals surface area contributed by atoms with Crippen molar-refractivity contribution in [3.05, 3.63) is 10.6 Å². The van der Waals surface area contributed by atoms with Gasteiger partial charge in [-0.2, -0.15) is 0 Å². The molecule has 1 amide bonds. The first-order valence-electron chi connectivity index (χ1n) is 6.39. The number of carbonyl (C=O) groups excluding carboxylic acids is 1. The standard InChI is InChI=1S/C12H21N3O3S2/c1-6-7-8(2)13-11(16)10-9(3)14-12(19-10)15(4)20(5,17)18/h8H,6-7H2,1-5H3,(H,13,16)/t8-/m1/s1. The van der Waals surface area contributed by atoms with Crippen LogP contribution in [0.4, 0.5) is 5.13 Å². The van der Waals surface area contributed by atoms with Crippen LogP contribution in [0.25, 0.3) is 0 Å². The highest BCUT2D eigenvalue weighted by Crippen LogP contribution is 2.26. The summed E-state index contributed by atoms with van der Waals surface area (Å²) in [6.07, 6.45) is 3.00. The fourth-order valence-corrected chi connectivity index (χ4v) is 3.35. The van der Waals surface area contributed by atoms with Crippen LogP contribution < -0.4 is 9.62 Å². The molecule has 0 spiro atoms. The molecule has 1 aromatic heterocycles. The quantitative estimate of drug-likeness (QED) is 0.866. The second kappa shape index (κ2) is 6.53. The molecule has 0 radical (unpaired) electrons. The average Bonchev–Trinajstić information content (AvgIpc) is 2.69. The SMILES string of the molecule is CCC[C@@H](C)NC(=O)c1sc(N(C)S(C)(=O)=O)nc1C. The zero-order chi connectivity index (χ0) is 15.5. The van der Waals surface area contributed by atoms with Gasteiger partial charge in [-0.3, -0.25) is 4.79 Å². The number of aromatic nitrogens is 1. The fraction of sp³-hybridized carbons (Fsp3) is 0.667. The van der Waals surface area contributed by atoms with Crippen molar-refractivity contribution >= 4 is 32.4 Å². The van der Waals surface area contributed by atoms with Crippen molar-refractivity contribution in [3.63, 3.8) is 0 Å². The minimum atomic E-state index is -3.37. The van der Waals surface area contributed by atoms with Crippen molar-refractivity contribution in [1.82, 2.24) is 10.3 Å². The molecule has 0 saturated heterocycles. The first-order chi connectivity index (χ1) is 9.16. The second-order valence-corrected chi connectivity index (χ2v) is 7.80. The molecule has 0 aliphatic heterocycles. The lowest BCUT2D eigenvalue weighted by atomic mass is 10.2. The van der Waals surface area contributed by atoms with Gasteiger partial charge in [0.2, 0.25) is 10.0 Å². The van der Waals surface area contributed by atoms with Gasteiger partial charge < -0.3 is 5.32 Å². The lowest BCUT2D eigenvalue weighted by Gasteiger charge is -2.12. The Hall–Kier alpha value is -1.15. The summed E-state index contributed by atoms with van der Waals surface area (Å²) in [6, 6.07) is 0.0880. The number of nitrogens with one attached hydrogen (secondary N) is 1. The predicted octanol–water partition coefficient (Wildman–Crippen LogP) is 1.77. The van der Waals surface area contributed by atoms with Crippen molar-refractivity contribution in [2.75, 3.05) is 17.6 Å². The molecule has 1 atom stereocenters. The van der Waals surface area contributed by atoms with E-state index in [-0.39, 0.29) is 11.9 Å². The van der Waals surface area contributed by atoms with E-state index in [1.165, 1.54) is 7.05 Å². The van der Waals surface area contributed by atoms with Crippen LogP contribution in [0.15, 0.2) is 0 Å². The molecule has 6 nitrogen and oxygen atoms in total. The van der Waals surface area contributed by atoms with Gasteiger partial charge in [0.05, 0.1) is 11.9 Å². The number of amides is 1. The summed E-state index contributed by atoms with van der Waals surface area (Å²) in [5.74, 6) is -0.200. The van der Waals surface area contributed by atoms with E-state index >= 15 is 0 Å². The number of hydrogen-bond donors (Lipinski definition) is 1. The van der Waals surface area contributed by atoms with E-state index in [0.29, 0.717) is 15.7 Å². The van der Waals surface area contributed by atoms with Gasteiger partial charge in [0, 0.05) is 13.1 Å². The number of thiazole rings is 1. The van der Waals surface area contributed by atoms with Crippen LogP contribution in [-0.2, 0) is 10.0 Å². The third kappa shape index (κ3) is 4.17. The van der Waals surface area contributed by atoms with Gasteiger partial charge in [0.25, 0.3) is 5.91 Å². The Kier molecular flexibility index (Phi) is 5.52. The minimum absolute atomic E-state index is 0.0880. The van der Waals surface area contributed by atoms with Crippen LogP contribution in [0.2, 0.25) is 0 Å². The number of sulfonamides is 1.